The second-order valence-corrected chi connectivity index (χ2v) is 10.0. The number of nitrogens with two attached hydrogens (primary N) is 1. The largest absolute Gasteiger partial charge is 0.497 e. The molecule has 0 saturated carbocycles. The van der Waals surface area contributed by atoms with Crippen LogP contribution in [0.15, 0.2) is 65.6 Å². The van der Waals surface area contributed by atoms with Crippen LogP contribution >= 0.6 is 0 Å². The molecule has 1 aromatic heterocycles. The number of rotatable bonds is 11. The molecule has 4 aromatic rings. The number of aromatic nitrogens is 2. The Morgan fingerprint density at radius 3 is 2.16 bits per heavy atom. The molecule has 4 rings (SSSR count). The van der Waals surface area contributed by atoms with Crippen molar-refractivity contribution in [3.8, 4) is 11.5 Å². The van der Waals surface area contributed by atoms with Gasteiger partial charge in [-0.05, 0) is 36.8 Å². The van der Waals surface area contributed by atoms with Crippen molar-refractivity contribution in [1.82, 2.24) is 9.97 Å². The van der Waals surface area contributed by atoms with Gasteiger partial charge in [-0.3, -0.25) is 9.52 Å². The second kappa shape index (κ2) is 11.2. The van der Waals surface area contributed by atoms with Gasteiger partial charge >= 0.3 is 0 Å². The van der Waals surface area contributed by atoms with Crippen LogP contribution in [-0.4, -0.2) is 45.1 Å². The smallest absolute Gasteiger partial charge is 0.263 e. The molecule has 0 aliphatic rings. The predicted molar refractivity (Wildman–Crippen MR) is 147 cm³/mol. The lowest BCUT2D eigenvalue weighted by molar-refractivity contribution is -0.117. The lowest BCUT2D eigenvalue weighted by atomic mass is 10.2. The van der Waals surface area contributed by atoms with Crippen LogP contribution in [0, 0.1) is 6.92 Å². The summed E-state index contributed by atoms with van der Waals surface area (Å²) in [4.78, 5) is 20.2. The summed E-state index contributed by atoms with van der Waals surface area (Å²) in [5, 5.41) is 6.18. The number of hydrogen-bond donors (Lipinski definition) is 4. The SMILES string of the molecule is COc1cc(Nc2nc3ccccc3nc2NS(=O)(=O)c2ccc(C)c(NCCC(N)=O)c2)cc(OC)c1. The number of nitrogens with one attached hydrogen (secondary N) is 3. The molecule has 0 unspecified atom stereocenters. The Bertz CT molecular complexity index is 1570. The van der Waals surface area contributed by atoms with Gasteiger partial charge in [0.1, 0.15) is 11.5 Å². The molecule has 1 heterocycles. The van der Waals surface area contributed by atoms with E-state index in [1.165, 1.54) is 26.4 Å². The van der Waals surface area contributed by atoms with E-state index in [9.17, 15) is 13.2 Å². The van der Waals surface area contributed by atoms with Gasteiger partial charge in [0.05, 0.1) is 30.1 Å². The number of aryl methyl sites for hydroxylation is 1. The van der Waals surface area contributed by atoms with Crippen molar-refractivity contribution in [2.24, 2.45) is 5.73 Å². The van der Waals surface area contributed by atoms with E-state index < -0.39 is 15.9 Å². The number of para-hydroxylation sites is 2. The minimum Gasteiger partial charge on any atom is -0.497 e. The molecule has 0 saturated heterocycles. The van der Waals surface area contributed by atoms with Crippen molar-refractivity contribution in [3.63, 3.8) is 0 Å². The van der Waals surface area contributed by atoms with Crippen LogP contribution in [-0.2, 0) is 14.8 Å². The number of fused-ring (bicyclic) bond motifs is 1. The molecule has 12 heteroatoms. The molecule has 0 aliphatic carbocycles. The lowest BCUT2D eigenvalue weighted by Crippen LogP contribution is -2.18. The first-order valence-electron chi connectivity index (χ1n) is 11.6. The van der Waals surface area contributed by atoms with Gasteiger partial charge in [0.15, 0.2) is 11.6 Å². The molecular formula is C26H28N6O5S. The summed E-state index contributed by atoms with van der Waals surface area (Å²) >= 11 is 0. The van der Waals surface area contributed by atoms with E-state index in [1.54, 1.807) is 42.5 Å². The van der Waals surface area contributed by atoms with Gasteiger partial charge in [-0.2, -0.15) is 0 Å². The van der Waals surface area contributed by atoms with Crippen LogP contribution in [0.4, 0.5) is 23.0 Å². The van der Waals surface area contributed by atoms with Crippen molar-refractivity contribution in [2.75, 3.05) is 36.1 Å². The zero-order valence-electron chi connectivity index (χ0n) is 21.1. The summed E-state index contributed by atoms with van der Waals surface area (Å²) < 4.78 is 40.1. The molecular weight excluding hydrogens is 508 g/mol. The van der Waals surface area contributed by atoms with Crippen molar-refractivity contribution >= 4 is 50.0 Å². The van der Waals surface area contributed by atoms with Gasteiger partial charge in [0.25, 0.3) is 10.0 Å². The quantitative estimate of drug-likeness (QED) is 0.224. The highest BCUT2D eigenvalue weighted by atomic mass is 32.2. The van der Waals surface area contributed by atoms with Crippen LogP contribution in [0.25, 0.3) is 11.0 Å². The first kappa shape index (κ1) is 26.5. The van der Waals surface area contributed by atoms with E-state index in [4.69, 9.17) is 15.2 Å². The maximum atomic E-state index is 13.4. The number of ether oxygens (including phenoxy) is 2. The van der Waals surface area contributed by atoms with E-state index in [-0.39, 0.29) is 29.5 Å². The molecule has 0 spiro atoms. The van der Waals surface area contributed by atoms with Crippen molar-refractivity contribution in [3.05, 3.63) is 66.2 Å². The second-order valence-electron chi connectivity index (χ2n) is 8.36. The van der Waals surface area contributed by atoms with Gasteiger partial charge in [0, 0.05) is 42.5 Å². The Balaban J connectivity index is 1.71. The number of primary amides is 1. The molecule has 0 fully saturated rings. The van der Waals surface area contributed by atoms with Gasteiger partial charge < -0.3 is 25.8 Å². The van der Waals surface area contributed by atoms with Crippen molar-refractivity contribution < 1.29 is 22.7 Å². The van der Waals surface area contributed by atoms with Gasteiger partial charge in [-0.25, -0.2) is 18.4 Å². The normalized spacial score (nSPS) is 11.1. The number of sulfonamides is 1. The van der Waals surface area contributed by atoms with Gasteiger partial charge in [0.2, 0.25) is 5.91 Å². The highest BCUT2D eigenvalue weighted by molar-refractivity contribution is 7.92. The van der Waals surface area contributed by atoms with E-state index >= 15 is 0 Å². The molecule has 0 bridgehead atoms. The minimum atomic E-state index is -4.08. The van der Waals surface area contributed by atoms with E-state index in [2.05, 4.69) is 25.3 Å². The lowest BCUT2D eigenvalue weighted by Gasteiger charge is -2.16. The van der Waals surface area contributed by atoms with E-state index in [0.717, 1.165) is 5.56 Å². The summed E-state index contributed by atoms with van der Waals surface area (Å²) in [7, 11) is -1.01. The highest BCUT2D eigenvalue weighted by Gasteiger charge is 2.20. The number of carbonyl (C=O) groups is 1. The zero-order valence-corrected chi connectivity index (χ0v) is 21.9. The Hall–Kier alpha value is -4.58. The summed E-state index contributed by atoms with van der Waals surface area (Å²) in [6.07, 6.45) is 0.117. The van der Waals surface area contributed by atoms with Crippen LogP contribution in [0.3, 0.4) is 0 Å². The average Bonchev–Trinajstić information content (AvgIpc) is 2.89. The van der Waals surface area contributed by atoms with Crippen molar-refractivity contribution in [2.45, 2.75) is 18.2 Å². The first-order chi connectivity index (χ1) is 18.2. The zero-order chi connectivity index (χ0) is 27.3. The Labute approximate surface area is 220 Å². The topological polar surface area (TPSA) is 158 Å². The number of amides is 1. The average molecular weight is 537 g/mol. The molecule has 3 aromatic carbocycles. The molecule has 0 aliphatic heterocycles. The summed E-state index contributed by atoms with van der Waals surface area (Å²) in [6.45, 7) is 2.11. The Morgan fingerprint density at radius 2 is 1.55 bits per heavy atom. The van der Waals surface area contributed by atoms with Crippen LogP contribution < -0.4 is 30.6 Å². The number of benzene rings is 3. The van der Waals surface area contributed by atoms with Crippen LogP contribution in [0.5, 0.6) is 11.5 Å². The fourth-order valence-corrected chi connectivity index (χ4v) is 4.67. The number of carbonyl (C=O) groups excluding carboxylic acids is 1. The highest BCUT2D eigenvalue weighted by Crippen LogP contribution is 2.32. The fourth-order valence-electron chi connectivity index (χ4n) is 3.64. The third kappa shape index (κ3) is 6.21. The van der Waals surface area contributed by atoms with Gasteiger partial charge in [-0.1, -0.05) is 18.2 Å². The third-order valence-corrected chi connectivity index (χ3v) is 6.96. The van der Waals surface area contributed by atoms with E-state index in [0.29, 0.717) is 33.9 Å². The maximum absolute atomic E-state index is 13.4. The molecule has 0 radical (unpaired) electrons. The monoisotopic (exact) mass is 536 g/mol. The molecule has 5 N–H and O–H groups in total. The molecule has 11 nitrogen and oxygen atoms in total. The summed E-state index contributed by atoms with van der Waals surface area (Å²) in [5.41, 5.74) is 8.23. The van der Waals surface area contributed by atoms with Gasteiger partial charge in [-0.15, -0.1) is 0 Å². The molecule has 1 amide bonds. The molecule has 0 atom stereocenters. The van der Waals surface area contributed by atoms with Crippen LogP contribution in [0.1, 0.15) is 12.0 Å². The summed E-state index contributed by atoms with van der Waals surface area (Å²) in [6, 6.07) is 17.0. The molecule has 38 heavy (non-hydrogen) atoms. The van der Waals surface area contributed by atoms with E-state index in [1.807, 2.05) is 13.0 Å². The first-order valence-corrected chi connectivity index (χ1v) is 13.1. The number of methoxy groups -OCH3 is 2. The Morgan fingerprint density at radius 1 is 0.921 bits per heavy atom. The number of nitrogens with zero attached hydrogens (tertiary/aromatic N) is 2. The maximum Gasteiger partial charge on any atom is 0.263 e. The van der Waals surface area contributed by atoms with Crippen LogP contribution in [0.2, 0.25) is 0 Å². The predicted octanol–water partition coefficient (Wildman–Crippen LogP) is 3.79. The molecule has 198 valence electrons. The standard InChI is InChI=1S/C26H28N6O5S/c1-16-8-9-20(15-23(16)28-11-10-24(27)33)38(34,35)32-26-25(30-21-6-4-5-7-22(21)31-26)29-17-12-18(36-2)14-19(13-17)37-3/h4-9,12-15,28H,10-11H2,1-3H3,(H2,27,33)(H,29,30)(H,31,32). The number of anilines is 4. The van der Waals surface area contributed by atoms with Crippen molar-refractivity contribution in [1.29, 1.82) is 0 Å². The fraction of sp³-hybridized carbons (Fsp3) is 0.192. The summed E-state index contributed by atoms with van der Waals surface area (Å²) in [5.74, 6) is 0.824. The minimum absolute atomic E-state index is 0.00799. The number of hydrogen-bond acceptors (Lipinski definition) is 9. The third-order valence-electron chi connectivity index (χ3n) is 5.62. The Kier molecular flexibility index (Phi) is 7.82.